The zero-order valence-corrected chi connectivity index (χ0v) is 22.7. The van der Waals surface area contributed by atoms with E-state index >= 15 is 0 Å². The van der Waals surface area contributed by atoms with E-state index in [0.717, 1.165) is 36.8 Å². The number of hydrogen-bond acceptors (Lipinski definition) is 5. The number of hydrogen-bond donors (Lipinski definition) is 5. The predicted octanol–water partition coefficient (Wildman–Crippen LogP) is 4.07. The molecule has 202 valence electrons. The summed E-state index contributed by atoms with van der Waals surface area (Å²) in [5, 5.41) is 54.6. The van der Waals surface area contributed by atoms with Crippen molar-refractivity contribution in [3.63, 3.8) is 0 Å². The van der Waals surface area contributed by atoms with Gasteiger partial charge in [-0.25, -0.2) is 0 Å². The maximum Gasteiger partial charge on any atom is 0.310 e. The van der Waals surface area contributed by atoms with E-state index in [9.17, 15) is 30.3 Å². The van der Waals surface area contributed by atoms with Gasteiger partial charge in [0.1, 0.15) is 0 Å². The summed E-state index contributed by atoms with van der Waals surface area (Å²) in [7, 11) is 0. The second-order valence-corrected chi connectivity index (χ2v) is 14.3. The number of aliphatic carboxylic acids is 1. The maximum atomic E-state index is 12.8. The van der Waals surface area contributed by atoms with Crippen molar-refractivity contribution in [3.05, 3.63) is 23.8 Å². The molecule has 0 amide bonds. The highest BCUT2D eigenvalue weighted by atomic mass is 16.4. The molecule has 3 unspecified atom stereocenters. The number of allylic oxidation sites excluding steroid dienone is 1. The van der Waals surface area contributed by atoms with Crippen LogP contribution < -0.4 is 0 Å². The third kappa shape index (κ3) is 2.85. The lowest BCUT2D eigenvalue weighted by atomic mass is 9.33. The van der Waals surface area contributed by atoms with Gasteiger partial charge in [0, 0.05) is 11.3 Å². The summed E-state index contributed by atoms with van der Waals surface area (Å²) >= 11 is 0. The zero-order chi connectivity index (χ0) is 26.7. The molecule has 0 aromatic heterocycles. The Morgan fingerprint density at radius 3 is 2.33 bits per heavy atom. The molecule has 0 aliphatic heterocycles. The summed E-state index contributed by atoms with van der Waals surface area (Å²) in [6, 6.07) is 0. The smallest absolute Gasteiger partial charge is 0.310 e. The second-order valence-electron chi connectivity index (χ2n) is 14.3. The van der Waals surface area contributed by atoms with Crippen molar-refractivity contribution in [2.24, 2.45) is 44.8 Å². The standard InChI is InChI=1S/C30H46O6/c1-17-9-12-30(24(34)35)14-13-27(4)18(22(30)29(17,6)36)7-8-21-25(2)15-19(32)23(33)26(3,16-31)20(25)10-11-28(21,27)5/h7,19-23,31-33,36H,1,8-16H2,2-6H3,(H,34,35)/t19-,20?,21?,22?,23-,25+,26+,27-,28-,29-,30+/m1/s1. The first-order valence-corrected chi connectivity index (χ1v) is 13.9. The molecule has 11 atom stereocenters. The lowest BCUT2D eigenvalue weighted by Gasteiger charge is -2.72. The summed E-state index contributed by atoms with van der Waals surface area (Å²) in [5.74, 6) is -1.04. The SMILES string of the molecule is C=C1CC[C@]2(C(=O)O)CC[C@]3(C)C(=CCC4[C@@]5(C)C[C@@H](O)[C@@H](O)[C@@](C)(CO)C5CC[C@]43C)C2[C@]1(C)O. The third-order valence-corrected chi connectivity index (χ3v) is 13.1. The summed E-state index contributed by atoms with van der Waals surface area (Å²) in [6.07, 6.45) is 5.68. The molecule has 6 nitrogen and oxygen atoms in total. The molecule has 0 aromatic carbocycles. The van der Waals surface area contributed by atoms with E-state index in [4.69, 9.17) is 0 Å². The van der Waals surface area contributed by atoms with Crippen LogP contribution in [-0.2, 0) is 4.79 Å². The van der Waals surface area contributed by atoms with Gasteiger partial charge in [0.05, 0.1) is 29.8 Å². The average molecular weight is 503 g/mol. The fourth-order valence-electron chi connectivity index (χ4n) is 10.7. The van der Waals surface area contributed by atoms with Crippen LogP contribution in [0.5, 0.6) is 0 Å². The van der Waals surface area contributed by atoms with Crippen molar-refractivity contribution in [2.45, 2.75) is 104 Å². The van der Waals surface area contributed by atoms with Gasteiger partial charge < -0.3 is 25.5 Å². The molecule has 4 fully saturated rings. The molecule has 0 radical (unpaired) electrons. The summed E-state index contributed by atoms with van der Waals surface area (Å²) < 4.78 is 0. The lowest BCUT2D eigenvalue weighted by Crippen LogP contribution is -2.69. The Balaban J connectivity index is 1.65. The van der Waals surface area contributed by atoms with Crippen LogP contribution in [0.25, 0.3) is 0 Å². The van der Waals surface area contributed by atoms with Gasteiger partial charge in [-0.05, 0) is 91.9 Å². The molecule has 0 heterocycles. The second kappa shape index (κ2) is 7.68. The van der Waals surface area contributed by atoms with E-state index < -0.39 is 40.5 Å². The van der Waals surface area contributed by atoms with Crippen LogP contribution in [0.3, 0.4) is 0 Å². The monoisotopic (exact) mass is 502 g/mol. The highest BCUT2D eigenvalue weighted by Gasteiger charge is 2.72. The molecule has 0 saturated heterocycles. The normalized spacial score (nSPS) is 56.5. The van der Waals surface area contributed by atoms with Gasteiger partial charge in [0.25, 0.3) is 0 Å². The number of aliphatic hydroxyl groups is 4. The van der Waals surface area contributed by atoms with Gasteiger partial charge in [-0.15, -0.1) is 0 Å². The Labute approximate surface area is 215 Å². The summed E-state index contributed by atoms with van der Waals surface area (Å²) in [4.78, 5) is 12.8. The molecule has 0 bridgehead atoms. The van der Waals surface area contributed by atoms with Crippen molar-refractivity contribution in [1.29, 1.82) is 0 Å². The minimum atomic E-state index is -1.28. The molecule has 5 aliphatic rings. The fourth-order valence-corrected chi connectivity index (χ4v) is 10.7. The number of carboxylic acid groups (broad SMARTS) is 1. The van der Waals surface area contributed by atoms with Crippen molar-refractivity contribution >= 4 is 5.97 Å². The van der Waals surface area contributed by atoms with E-state index in [1.807, 2.05) is 6.92 Å². The first-order chi connectivity index (χ1) is 16.6. The Bertz CT molecular complexity index is 1020. The van der Waals surface area contributed by atoms with E-state index in [1.54, 1.807) is 6.92 Å². The average Bonchev–Trinajstić information content (AvgIpc) is 2.80. The van der Waals surface area contributed by atoms with Gasteiger partial charge in [-0.1, -0.05) is 45.9 Å². The molecule has 0 aromatic rings. The minimum absolute atomic E-state index is 0.0734. The summed E-state index contributed by atoms with van der Waals surface area (Å²) in [5.41, 5.74) is -1.98. The first-order valence-electron chi connectivity index (χ1n) is 13.9. The summed E-state index contributed by atoms with van der Waals surface area (Å²) in [6.45, 7) is 14.6. The molecule has 5 rings (SSSR count). The van der Waals surface area contributed by atoms with Crippen LogP contribution in [0.1, 0.15) is 86.0 Å². The Morgan fingerprint density at radius 2 is 1.72 bits per heavy atom. The molecule has 4 saturated carbocycles. The van der Waals surface area contributed by atoms with Crippen molar-refractivity contribution < 1.29 is 30.3 Å². The largest absolute Gasteiger partial charge is 0.481 e. The molecule has 0 spiro atoms. The van der Waals surface area contributed by atoms with E-state index in [2.05, 4.69) is 33.4 Å². The van der Waals surface area contributed by atoms with Crippen molar-refractivity contribution in [3.8, 4) is 0 Å². The minimum Gasteiger partial charge on any atom is -0.481 e. The quantitative estimate of drug-likeness (QED) is 0.363. The molecule has 6 heteroatoms. The fraction of sp³-hybridized carbons (Fsp3) is 0.833. The number of carboxylic acids is 1. The lowest BCUT2D eigenvalue weighted by molar-refractivity contribution is -0.245. The van der Waals surface area contributed by atoms with Crippen molar-refractivity contribution in [1.82, 2.24) is 0 Å². The molecule has 5 N–H and O–H groups in total. The van der Waals surface area contributed by atoms with Crippen LogP contribution in [-0.4, -0.2) is 55.9 Å². The Hall–Kier alpha value is -1.21. The van der Waals surface area contributed by atoms with E-state index in [-0.39, 0.29) is 34.7 Å². The third-order valence-electron chi connectivity index (χ3n) is 13.1. The van der Waals surface area contributed by atoms with Gasteiger partial charge in [-0.3, -0.25) is 4.79 Å². The number of carbonyl (C=O) groups is 1. The van der Waals surface area contributed by atoms with Crippen LogP contribution in [0.2, 0.25) is 0 Å². The zero-order valence-electron chi connectivity index (χ0n) is 22.7. The topological polar surface area (TPSA) is 118 Å². The molecule has 36 heavy (non-hydrogen) atoms. The molecule has 5 aliphatic carbocycles. The number of fused-ring (bicyclic) bond motifs is 7. The van der Waals surface area contributed by atoms with Gasteiger partial charge in [0.2, 0.25) is 0 Å². The highest BCUT2D eigenvalue weighted by molar-refractivity contribution is 5.77. The molecular weight excluding hydrogens is 456 g/mol. The Morgan fingerprint density at radius 1 is 1.06 bits per heavy atom. The van der Waals surface area contributed by atoms with Crippen LogP contribution in [0.4, 0.5) is 0 Å². The van der Waals surface area contributed by atoms with E-state index in [1.165, 1.54) is 0 Å². The van der Waals surface area contributed by atoms with Gasteiger partial charge in [-0.2, -0.15) is 0 Å². The first kappa shape index (κ1) is 26.4. The van der Waals surface area contributed by atoms with Crippen LogP contribution >= 0.6 is 0 Å². The highest BCUT2D eigenvalue weighted by Crippen LogP contribution is 2.76. The van der Waals surface area contributed by atoms with Gasteiger partial charge >= 0.3 is 5.97 Å². The van der Waals surface area contributed by atoms with Crippen LogP contribution in [0.15, 0.2) is 23.8 Å². The van der Waals surface area contributed by atoms with Crippen molar-refractivity contribution in [2.75, 3.05) is 6.61 Å². The van der Waals surface area contributed by atoms with Crippen LogP contribution in [0, 0.1) is 44.8 Å². The molecular formula is C30H46O6. The maximum absolute atomic E-state index is 12.8. The van der Waals surface area contributed by atoms with E-state index in [0.29, 0.717) is 25.7 Å². The number of aliphatic hydroxyl groups excluding tert-OH is 3. The predicted molar refractivity (Wildman–Crippen MR) is 137 cm³/mol. The Kier molecular flexibility index (Phi) is 5.63. The van der Waals surface area contributed by atoms with Gasteiger partial charge in [0.15, 0.2) is 0 Å². The number of rotatable bonds is 2.